The van der Waals surface area contributed by atoms with Crippen LogP contribution in [0.3, 0.4) is 0 Å². The zero-order chi connectivity index (χ0) is 15.9. The van der Waals surface area contributed by atoms with Crippen molar-refractivity contribution in [1.82, 2.24) is 4.98 Å². The molecule has 114 valence electrons. The number of hydrogen-bond acceptors (Lipinski definition) is 4. The van der Waals surface area contributed by atoms with Gasteiger partial charge < -0.3 is 0 Å². The number of aromatic nitrogens is 1. The summed E-state index contributed by atoms with van der Waals surface area (Å²) in [5.41, 5.74) is 0.935. The average Bonchev–Trinajstić information content (AvgIpc) is 3.04. The van der Waals surface area contributed by atoms with E-state index in [2.05, 4.69) is 10.3 Å². The van der Waals surface area contributed by atoms with Crippen molar-refractivity contribution in [3.63, 3.8) is 0 Å². The molecule has 0 bridgehead atoms. The van der Waals surface area contributed by atoms with Gasteiger partial charge in [0.25, 0.3) is 5.91 Å². The Hall–Kier alpha value is -1.50. The van der Waals surface area contributed by atoms with Crippen LogP contribution in [0.2, 0.25) is 5.02 Å². The van der Waals surface area contributed by atoms with Crippen LogP contribution < -0.4 is 5.32 Å². The van der Waals surface area contributed by atoms with Crippen LogP contribution in [-0.2, 0) is 0 Å². The zero-order valence-corrected chi connectivity index (χ0v) is 14.2. The molecule has 0 spiro atoms. The highest BCUT2D eigenvalue weighted by Gasteiger charge is 2.19. The van der Waals surface area contributed by atoms with E-state index >= 15 is 0 Å². The van der Waals surface area contributed by atoms with Crippen molar-refractivity contribution in [1.29, 1.82) is 0 Å². The highest BCUT2D eigenvalue weighted by atomic mass is 35.5. The molecule has 0 aliphatic rings. The van der Waals surface area contributed by atoms with Gasteiger partial charge >= 0.3 is 0 Å². The molecule has 1 aromatic carbocycles. The molecule has 1 amide bonds. The van der Waals surface area contributed by atoms with Crippen LogP contribution in [0.5, 0.6) is 0 Å². The number of anilines is 1. The van der Waals surface area contributed by atoms with Gasteiger partial charge in [-0.05, 0) is 24.1 Å². The summed E-state index contributed by atoms with van der Waals surface area (Å²) in [5.74, 6) is -0.368. The number of thiophene rings is 1. The number of carbonyl (C=O) groups is 1. The molecule has 3 nitrogen and oxygen atoms in total. The second-order valence-electron chi connectivity index (χ2n) is 5.07. The molecule has 3 rings (SSSR count). The third kappa shape index (κ3) is 2.86. The standard InChI is InChI=1S/C15H12ClFN2OS2/c1-7(2)10-6-21-15(18-10)19-14(20)13-12(16)9-4-3-8(17)5-11(9)22-13/h3-7H,1-2H3,(H,18,19,20). The fourth-order valence-electron chi connectivity index (χ4n) is 1.95. The lowest BCUT2D eigenvalue weighted by atomic mass is 10.2. The van der Waals surface area contributed by atoms with E-state index < -0.39 is 0 Å². The molecule has 7 heteroatoms. The van der Waals surface area contributed by atoms with Crippen molar-refractivity contribution in [3.8, 4) is 0 Å². The molecule has 3 aromatic rings. The summed E-state index contributed by atoms with van der Waals surface area (Å²) >= 11 is 8.78. The number of thiazole rings is 1. The van der Waals surface area contributed by atoms with Crippen molar-refractivity contribution in [3.05, 3.63) is 45.0 Å². The van der Waals surface area contributed by atoms with Gasteiger partial charge in [0.1, 0.15) is 10.7 Å². The van der Waals surface area contributed by atoms with Crippen LogP contribution in [0.1, 0.15) is 35.1 Å². The van der Waals surface area contributed by atoms with Crippen molar-refractivity contribution >= 4 is 55.4 Å². The molecule has 0 atom stereocenters. The summed E-state index contributed by atoms with van der Waals surface area (Å²) < 4.78 is 13.9. The van der Waals surface area contributed by atoms with E-state index in [-0.39, 0.29) is 11.7 Å². The van der Waals surface area contributed by atoms with Gasteiger partial charge in [-0.25, -0.2) is 9.37 Å². The Morgan fingerprint density at radius 1 is 1.41 bits per heavy atom. The zero-order valence-electron chi connectivity index (χ0n) is 11.8. The molecule has 0 aliphatic heterocycles. The average molecular weight is 355 g/mol. The highest BCUT2D eigenvalue weighted by Crippen LogP contribution is 2.36. The summed E-state index contributed by atoms with van der Waals surface area (Å²) in [6.45, 7) is 4.08. The number of nitrogens with one attached hydrogen (secondary N) is 1. The van der Waals surface area contributed by atoms with E-state index in [9.17, 15) is 9.18 Å². The van der Waals surface area contributed by atoms with Gasteiger partial charge in [-0.1, -0.05) is 25.4 Å². The Balaban J connectivity index is 1.89. The number of halogens is 2. The van der Waals surface area contributed by atoms with Crippen LogP contribution in [0, 0.1) is 5.82 Å². The topological polar surface area (TPSA) is 42.0 Å². The Bertz CT molecular complexity index is 856. The molecule has 0 unspecified atom stereocenters. The summed E-state index contributed by atoms with van der Waals surface area (Å²) in [6, 6.07) is 4.29. The maximum atomic E-state index is 13.3. The molecule has 2 heterocycles. The van der Waals surface area contributed by atoms with Gasteiger partial charge in [-0.3, -0.25) is 10.1 Å². The van der Waals surface area contributed by atoms with E-state index in [0.29, 0.717) is 31.0 Å². The molecule has 22 heavy (non-hydrogen) atoms. The van der Waals surface area contributed by atoms with E-state index in [4.69, 9.17) is 11.6 Å². The van der Waals surface area contributed by atoms with Crippen molar-refractivity contribution in [2.75, 3.05) is 5.32 Å². The van der Waals surface area contributed by atoms with Crippen LogP contribution >= 0.6 is 34.3 Å². The summed E-state index contributed by atoms with van der Waals surface area (Å²) in [4.78, 5) is 17.1. The molecule has 1 N–H and O–H groups in total. The van der Waals surface area contributed by atoms with Crippen molar-refractivity contribution in [2.45, 2.75) is 19.8 Å². The number of carbonyl (C=O) groups excluding carboxylic acids is 1. The lowest BCUT2D eigenvalue weighted by Gasteiger charge is -2.00. The third-order valence-corrected chi connectivity index (χ3v) is 5.56. The van der Waals surface area contributed by atoms with Crippen LogP contribution in [0.15, 0.2) is 23.6 Å². The number of fused-ring (bicyclic) bond motifs is 1. The predicted molar refractivity (Wildman–Crippen MR) is 90.9 cm³/mol. The summed E-state index contributed by atoms with van der Waals surface area (Å²) in [7, 11) is 0. The molecule has 0 saturated carbocycles. The number of rotatable bonds is 3. The lowest BCUT2D eigenvalue weighted by molar-refractivity contribution is 0.103. The maximum absolute atomic E-state index is 13.3. The first-order valence-electron chi connectivity index (χ1n) is 6.60. The van der Waals surface area contributed by atoms with Crippen LogP contribution in [-0.4, -0.2) is 10.9 Å². The van der Waals surface area contributed by atoms with Gasteiger partial charge in [0.15, 0.2) is 5.13 Å². The van der Waals surface area contributed by atoms with Crippen LogP contribution in [0.4, 0.5) is 9.52 Å². The summed E-state index contributed by atoms with van der Waals surface area (Å²) in [5, 5.41) is 6.23. The highest BCUT2D eigenvalue weighted by molar-refractivity contribution is 7.21. The van der Waals surface area contributed by atoms with Gasteiger partial charge in [0, 0.05) is 15.5 Å². The SMILES string of the molecule is CC(C)c1csc(NC(=O)c2sc3cc(F)ccc3c2Cl)n1. The maximum Gasteiger partial charge on any atom is 0.269 e. The molecular formula is C15H12ClFN2OS2. The second kappa shape index (κ2) is 5.95. The minimum absolute atomic E-state index is 0.304. The first-order chi connectivity index (χ1) is 10.5. The molecule has 0 saturated heterocycles. The van der Waals surface area contributed by atoms with Crippen molar-refractivity contribution < 1.29 is 9.18 Å². The Kier molecular flexibility index (Phi) is 4.16. The number of amides is 1. The number of hydrogen-bond donors (Lipinski definition) is 1. The monoisotopic (exact) mass is 354 g/mol. The molecule has 0 aliphatic carbocycles. The predicted octanol–water partition coefficient (Wildman–Crippen LogP) is 5.53. The number of nitrogens with zero attached hydrogens (tertiary/aromatic N) is 1. The smallest absolute Gasteiger partial charge is 0.269 e. The molecule has 0 radical (unpaired) electrons. The second-order valence-corrected chi connectivity index (χ2v) is 7.36. The minimum atomic E-state index is -0.348. The Labute approximate surface area is 139 Å². The number of benzene rings is 1. The fourth-order valence-corrected chi connectivity index (χ4v) is 4.25. The van der Waals surface area contributed by atoms with Gasteiger partial charge in [-0.15, -0.1) is 22.7 Å². The molecular weight excluding hydrogens is 343 g/mol. The van der Waals surface area contributed by atoms with Gasteiger partial charge in [0.05, 0.1) is 10.7 Å². The van der Waals surface area contributed by atoms with Crippen molar-refractivity contribution in [2.24, 2.45) is 0 Å². The first kappa shape index (κ1) is 15.4. The Morgan fingerprint density at radius 3 is 2.86 bits per heavy atom. The molecule has 0 fully saturated rings. The molecule has 2 aromatic heterocycles. The Morgan fingerprint density at radius 2 is 2.18 bits per heavy atom. The normalized spacial score (nSPS) is 11.3. The minimum Gasteiger partial charge on any atom is -0.297 e. The van der Waals surface area contributed by atoms with E-state index in [1.807, 2.05) is 19.2 Å². The fraction of sp³-hybridized carbons (Fsp3) is 0.200. The largest absolute Gasteiger partial charge is 0.297 e. The van der Waals surface area contributed by atoms with Crippen LogP contribution in [0.25, 0.3) is 10.1 Å². The van der Waals surface area contributed by atoms with E-state index in [0.717, 1.165) is 5.69 Å². The van der Waals surface area contributed by atoms with E-state index in [1.54, 1.807) is 6.07 Å². The van der Waals surface area contributed by atoms with Gasteiger partial charge in [-0.2, -0.15) is 0 Å². The lowest BCUT2D eigenvalue weighted by Crippen LogP contribution is -2.10. The third-order valence-electron chi connectivity index (χ3n) is 3.13. The quantitative estimate of drug-likeness (QED) is 0.672. The first-order valence-corrected chi connectivity index (χ1v) is 8.67. The van der Waals surface area contributed by atoms with Gasteiger partial charge in [0.2, 0.25) is 0 Å². The van der Waals surface area contributed by atoms with E-state index in [1.165, 1.54) is 34.8 Å². The summed E-state index contributed by atoms with van der Waals surface area (Å²) in [6.07, 6.45) is 0.